The summed E-state index contributed by atoms with van der Waals surface area (Å²) in [5.41, 5.74) is 2.91. The van der Waals surface area contributed by atoms with Crippen LogP contribution < -0.4 is 21.3 Å². The van der Waals surface area contributed by atoms with Gasteiger partial charge in [0.05, 0.1) is 4.47 Å². The number of nitrogens with zero attached hydrogens (tertiary/aromatic N) is 1. The van der Waals surface area contributed by atoms with Crippen LogP contribution >= 0.6 is 15.9 Å². The van der Waals surface area contributed by atoms with Gasteiger partial charge < -0.3 is 10.1 Å². The molecule has 0 aliphatic heterocycles. The van der Waals surface area contributed by atoms with E-state index in [0.29, 0.717) is 18.2 Å². The number of hydrogen-bond donors (Lipinski definition) is 3. The van der Waals surface area contributed by atoms with Gasteiger partial charge in [0.1, 0.15) is 5.75 Å². The molecule has 0 unspecified atom stereocenters. The second-order valence-corrected chi connectivity index (χ2v) is 4.90. The molecule has 118 valence electrons. The zero-order chi connectivity index (χ0) is 15.9. The Kier molecular flexibility index (Phi) is 6.76. The Morgan fingerprint density at radius 3 is 2.67 bits per heavy atom. The first-order chi connectivity index (χ1) is 9.85. The smallest absolute Gasteiger partial charge is 0.405 e. The lowest BCUT2D eigenvalue weighted by atomic mass is 10.3. The van der Waals surface area contributed by atoms with Gasteiger partial charge in [0.2, 0.25) is 5.96 Å². The van der Waals surface area contributed by atoms with E-state index in [0.717, 1.165) is 12.8 Å². The summed E-state index contributed by atoms with van der Waals surface area (Å²) >= 11 is 3.02. The number of guanidine groups is 1. The summed E-state index contributed by atoms with van der Waals surface area (Å²) < 4.78 is 40.5. The van der Waals surface area contributed by atoms with Crippen molar-refractivity contribution < 1.29 is 17.9 Å². The van der Waals surface area contributed by atoms with Crippen LogP contribution in [0.4, 0.5) is 18.9 Å². The van der Waals surface area contributed by atoms with E-state index in [1.54, 1.807) is 0 Å². The Hall–Kier alpha value is -1.48. The van der Waals surface area contributed by atoms with Gasteiger partial charge in [-0.3, -0.25) is 10.4 Å². The van der Waals surface area contributed by atoms with Crippen molar-refractivity contribution in [2.24, 2.45) is 10.8 Å². The number of hydrazine groups is 1. The third kappa shape index (κ3) is 6.67. The fraction of sp³-hybridized carbons (Fsp3) is 0.417. The van der Waals surface area contributed by atoms with Crippen LogP contribution in [0.15, 0.2) is 27.7 Å². The van der Waals surface area contributed by atoms with Crippen LogP contribution in [0.1, 0.15) is 19.8 Å². The molecule has 0 atom stereocenters. The Bertz CT molecular complexity index is 494. The molecule has 0 aromatic heterocycles. The van der Waals surface area contributed by atoms with Gasteiger partial charge in [-0.15, -0.1) is 13.2 Å². The number of ether oxygens (including phenoxy) is 1. The zero-order valence-corrected chi connectivity index (χ0v) is 12.9. The molecule has 0 radical (unpaired) electrons. The predicted molar refractivity (Wildman–Crippen MR) is 79.0 cm³/mol. The van der Waals surface area contributed by atoms with E-state index in [-0.39, 0.29) is 10.2 Å². The van der Waals surface area contributed by atoms with Crippen molar-refractivity contribution in [1.82, 2.24) is 5.43 Å². The standard InChI is InChI=1S/C12H16BrF3N4O/c1-2-3-6-18-11(20-17)19-8-4-5-10(9(13)7-8)21-12(14,15)16/h4-5,7H,2-3,6,17H2,1H3,(H2,18,19,20). The first-order valence-corrected chi connectivity index (χ1v) is 6.98. The van der Waals surface area contributed by atoms with Crippen LogP contribution in [0.5, 0.6) is 5.75 Å². The van der Waals surface area contributed by atoms with E-state index in [1.807, 2.05) is 6.92 Å². The van der Waals surface area contributed by atoms with Crippen LogP contribution in [0.25, 0.3) is 0 Å². The van der Waals surface area contributed by atoms with Gasteiger partial charge in [-0.05, 0) is 40.5 Å². The number of alkyl halides is 3. The molecule has 0 amide bonds. The molecule has 1 rings (SSSR count). The lowest BCUT2D eigenvalue weighted by Gasteiger charge is -2.13. The summed E-state index contributed by atoms with van der Waals surface area (Å²) in [7, 11) is 0. The first kappa shape index (κ1) is 17.6. The highest BCUT2D eigenvalue weighted by molar-refractivity contribution is 9.10. The van der Waals surface area contributed by atoms with Gasteiger partial charge in [-0.25, -0.2) is 5.84 Å². The van der Waals surface area contributed by atoms with E-state index >= 15 is 0 Å². The third-order valence-corrected chi connectivity index (χ3v) is 2.96. The minimum atomic E-state index is -4.73. The maximum atomic E-state index is 12.2. The summed E-state index contributed by atoms with van der Waals surface area (Å²) in [6.07, 6.45) is -2.83. The highest BCUT2D eigenvalue weighted by Gasteiger charge is 2.31. The monoisotopic (exact) mass is 368 g/mol. The molecular weight excluding hydrogens is 353 g/mol. The highest BCUT2D eigenvalue weighted by Crippen LogP contribution is 2.32. The zero-order valence-electron chi connectivity index (χ0n) is 11.3. The van der Waals surface area contributed by atoms with Crippen molar-refractivity contribution in [3.05, 3.63) is 22.7 Å². The van der Waals surface area contributed by atoms with Crippen LogP contribution in [-0.4, -0.2) is 18.9 Å². The van der Waals surface area contributed by atoms with Gasteiger partial charge in [-0.1, -0.05) is 13.3 Å². The molecule has 9 heteroatoms. The molecule has 1 aromatic carbocycles. The third-order valence-electron chi connectivity index (χ3n) is 2.34. The number of aliphatic imine (C=N–C) groups is 1. The second kappa shape index (κ2) is 8.08. The normalized spacial score (nSPS) is 12.2. The van der Waals surface area contributed by atoms with Crippen molar-refractivity contribution in [3.8, 4) is 5.75 Å². The Labute approximate surface area is 128 Å². The summed E-state index contributed by atoms with van der Waals surface area (Å²) in [6, 6.07) is 4.06. The van der Waals surface area contributed by atoms with Crippen LogP contribution in [-0.2, 0) is 0 Å². The number of rotatable bonds is 5. The molecule has 21 heavy (non-hydrogen) atoms. The maximum Gasteiger partial charge on any atom is 0.573 e. The van der Waals surface area contributed by atoms with Gasteiger partial charge in [-0.2, -0.15) is 0 Å². The van der Waals surface area contributed by atoms with Crippen molar-refractivity contribution in [3.63, 3.8) is 0 Å². The van der Waals surface area contributed by atoms with Crippen molar-refractivity contribution in [2.45, 2.75) is 26.1 Å². The van der Waals surface area contributed by atoms with E-state index in [4.69, 9.17) is 5.84 Å². The predicted octanol–water partition coefficient (Wildman–Crippen LogP) is 3.38. The SMILES string of the molecule is CCCCN=C(NN)Nc1ccc(OC(F)(F)F)c(Br)c1. The topological polar surface area (TPSA) is 71.7 Å². The molecule has 0 heterocycles. The Balaban J connectivity index is 2.76. The minimum Gasteiger partial charge on any atom is -0.405 e. The largest absolute Gasteiger partial charge is 0.573 e. The lowest BCUT2D eigenvalue weighted by molar-refractivity contribution is -0.274. The minimum absolute atomic E-state index is 0.162. The highest BCUT2D eigenvalue weighted by atomic mass is 79.9. The Morgan fingerprint density at radius 2 is 2.14 bits per heavy atom. The molecule has 1 aromatic rings. The van der Waals surface area contributed by atoms with E-state index in [2.05, 4.69) is 36.4 Å². The number of hydrogen-bond acceptors (Lipinski definition) is 3. The van der Waals surface area contributed by atoms with Gasteiger partial charge in [0.15, 0.2) is 0 Å². The quantitative estimate of drug-likeness (QED) is 0.245. The van der Waals surface area contributed by atoms with E-state index in [1.165, 1.54) is 18.2 Å². The van der Waals surface area contributed by atoms with E-state index in [9.17, 15) is 13.2 Å². The summed E-state index contributed by atoms with van der Waals surface area (Å²) in [6.45, 7) is 2.63. The fourth-order valence-electron chi connectivity index (χ4n) is 1.39. The van der Waals surface area contributed by atoms with Crippen LogP contribution in [0.2, 0.25) is 0 Å². The van der Waals surface area contributed by atoms with Crippen molar-refractivity contribution in [1.29, 1.82) is 0 Å². The molecule has 5 nitrogen and oxygen atoms in total. The molecule has 0 aliphatic rings. The van der Waals surface area contributed by atoms with Gasteiger partial charge in [0, 0.05) is 12.2 Å². The molecule has 0 spiro atoms. The maximum absolute atomic E-state index is 12.2. The molecule has 0 saturated carbocycles. The first-order valence-electron chi connectivity index (χ1n) is 6.19. The lowest BCUT2D eigenvalue weighted by Crippen LogP contribution is -2.36. The second-order valence-electron chi connectivity index (χ2n) is 4.05. The van der Waals surface area contributed by atoms with Gasteiger partial charge >= 0.3 is 6.36 Å². The summed E-state index contributed by atoms with van der Waals surface area (Å²) in [4.78, 5) is 4.18. The molecule has 0 fully saturated rings. The van der Waals surface area contributed by atoms with Crippen LogP contribution in [0.3, 0.4) is 0 Å². The number of unbranched alkanes of at least 4 members (excludes halogenated alkanes) is 1. The van der Waals surface area contributed by atoms with Gasteiger partial charge in [0.25, 0.3) is 0 Å². The van der Waals surface area contributed by atoms with Crippen molar-refractivity contribution >= 4 is 27.6 Å². The summed E-state index contributed by atoms with van der Waals surface area (Å²) in [5.74, 6) is 5.34. The number of anilines is 1. The fourth-order valence-corrected chi connectivity index (χ4v) is 1.85. The molecular formula is C12H16BrF3N4O. The molecule has 0 bridgehead atoms. The number of benzene rings is 1. The molecule has 0 saturated heterocycles. The number of halogens is 4. The Morgan fingerprint density at radius 1 is 1.43 bits per heavy atom. The molecule has 4 N–H and O–H groups in total. The number of nitrogens with one attached hydrogen (secondary N) is 2. The average molecular weight is 369 g/mol. The molecule has 0 aliphatic carbocycles. The number of nitrogens with two attached hydrogens (primary N) is 1. The van der Waals surface area contributed by atoms with E-state index < -0.39 is 6.36 Å². The van der Waals surface area contributed by atoms with Crippen LogP contribution in [0, 0.1) is 0 Å². The summed E-state index contributed by atoms with van der Waals surface area (Å²) in [5, 5.41) is 2.87. The average Bonchev–Trinajstić information content (AvgIpc) is 2.39. The van der Waals surface area contributed by atoms with Crippen molar-refractivity contribution in [2.75, 3.05) is 11.9 Å².